The summed E-state index contributed by atoms with van der Waals surface area (Å²) in [5.74, 6) is -0.190. The van der Waals surface area contributed by atoms with E-state index >= 15 is 0 Å². The quantitative estimate of drug-likeness (QED) is 0.596. The van der Waals surface area contributed by atoms with Crippen LogP contribution in [0.5, 0.6) is 0 Å². The molecule has 3 aromatic rings. The molecule has 35 heavy (non-hydrogen) atoms. The minimum atomic E-state index is -0.255. The van der Waals surface area contributed by atoms with Crippen molar-refractivity contribution in [1.29, 1.82) is 0 Å². The van der Waals surface area contributed by atoms with Crippen LogP contribution in [-0.2, 0) is 4.74 Å². The zero-order valence-corrected chi connectivity index (χ0v) is 19.8. The number of nitrogens with zero attached hydrogens (tertiary/aromatic N) is 2. The lowest BCUT2D eigenvalue weighted by molar-refractivity contribution is -0.0256. The molecule has 0 radical (unpaired) electrons. The lowest BCUT2D eigenvalue weighted by Gasteiger charge is -2.46. The van der Waals surface area contributed by atoms with E-state index < -0.39 is 0 Å². The molecule has 6 rings (SSSR count). The number of aromatic amines is 1. The predicted octanol–water partition coefficient (Wildman–Crippen LogP) is 4.25. The van der Waals surface area contributed by atoms with Crippen molar-refractivity contribution >= 4 is 23.2 Å². The number of hydrogen-bond acceptors (Lipinski definition) is 4. The van der Waals surface area contributed by atoms with Gasteiger partial charge in [0.15, 0.2) is 0 Å². The third kappa shape index (κ3) is 4.15. The van der Waals surface area contributed by atoms with E-state index in [1.54, 1.807) is 12.1 Å². The van der Waals surface area contributed by atoms with Crippen LogP contribution in [0.3, 0.4) is 0 Å². The number of aromatic nitrogens is 1. The van der Waals surface area contributed by atoms with Gasteiger partial charge in [-0.1, -0.05) is 24.3 Å². The first-order chi connectivity index (χ1) is 17.1. The van der Waals surface area contributed by atoms with E-state index in [2.05, 4.69) is 21.3 Å². The van der Waals surface area contributed by atoms with Crippen molar-refractivity contribution in [2.45, 2.75) is 13.0 Å². The minimum absolute atomic E-state index is 0.0651. The molecule has 1 aromatic heterocycles. The van der Waals surface area contributed by atoms with Crippen LogP contribution in [0.15, 0.2) is 48.5 Å². The van der Waals surface area contributed by atoms with Crippen molar-refractivity contribution in [3.63, 3.8) is 0 Å². The maximum Gasteiger partial charge on any atom is 0.256 e. The Morgan fingerprint density at radius 3 is 2.71 bits per heavy atom. The highest BCUT2D eigenvalue weighted by Crippen LogP contribution is 2.40. The molecule has 2 N–H and O–H groups in total. The summed E-state index contributed by atoms with van der Waals surface area (Å²) in [6.07, 6.45) is 2.07. The number of ether oxygens (including phenoxy) is 1. The molecule has 180 valence electrons. The molecule has 4 heterocycles. The molecule has 0 spiro atoms. The van der Waals surface area contributed by atoms with Crippen molar-refractivity contribution in [3.8, 4) is 11.1 Å². The van der Waals surface area contributed by atoms with Gasteiger partial charge in [0.1, 0.15) is 5.82 Å². The smallest absolute Gasteiger partial charge is 0.256 e. The third-order valence-corrected chi connectivity index (χ3v) is 7.23. The van der Waals surface area contributed by atoms with Gasteiger partial charge < -0.3 is 19.9 Å². The molecule has 7 heteroatoms. The number of hydrogen-bond donors (Lipinski definition) is 2. The van der Waals surface area contributed by atoms with Crippen LogP contribution in [0.1, 0.15) is 27.3 Å². The van der Waals surface area contributed by atoms with Gasteiger partial charge in [-0.3, -0.25) is 9.69 Å². The molecule has 0 aliphatic carbocycles. The molecule has 2 fully saturated rings. The lowest BCUT2D eigenvalue weighted by atomic mass is 9.94. The number of rotatable bonds is 4. The molecule has 3 aliphatic rings. The van der Waals surface area contributed by atoms with Crippen LogP contribution in [0, 0.1) is 12.7 Å². The topological polar surface area (TPSA) is 60.6 Å². The number of likely N-dealkylation sites (tertiary alicyclic amines) is 1. The van der Waals surface area contributed by atoms with Gasteiger partial charge >= 0.3 is 0 Å². The molecular formula is C28H29FN4O2. The summed E-state index contributed by atoms with van der Waals surface area (Å²) in [7, 11) is 0. The number of aryl methyl sites for hydroxylation is 1. The average molecular weight is 473 g/mol. The molecule has 0 atom stereocenters. The van der Waals surface area contributed by atoms with Crippen molar-refractivity contribution in [1.82, 2.24) is 14.8 Å². The Balaban J connectivity index is 1.28. The SMILES string of the molecule is Cc1cc(C(=O)N2CC(N3CCOCC3)C2)c(C=C2CNc3cccc(-c4cccc(F)c4)c32)[nH]1. The molecule has 2 aromatic carbocycles. The highest BCUT2D eigenvalue weighted by atomic mass is 19.1. The van der Waals surface area contributed by atoms with E-state index in [9.17, 15) is 9.18 Å². The van der Waals surface area contributed by atoms with Gasteiger partial charge in [0, 0.05) is 55.7 Å². The largest absolute Gasteiger partial charge is 0.380 e. The predicted molar refractivity (Wildman–Crippen MR) is 136 cm³/mol. The van der Waals surface area contributed by atoms with Crippen LogP contribution < -0.4 is 5.32 Å². The van der Waals surface area contributed by atoms with Crippen molar-refractivity contribution in [3.05, 3.63) is 76.9 Å². The van der Waals surface area contributed by atoms with E-state index in [-0.39, 0.29) is 11.7 Å². The van der Waals surface area contributed by atoms with Crippen molar-refractivity contribution < 1.29 is 13.9 Å². The van der Waals surface area contributed by atoms with Crippen LogP contribution in [0.4, 0.5) is 10.1 Å². The number of anilines is 1. The van der Waals surface area contributed by atoms with Gasteiger partial charge in [-0.25, -0.2) is 4.39 Å². The minimum Gasteiger partial charge on any atom is -0.380 e. The maximum absolute atomic E-state index is 14.0. The molecule has 3 aliphatic heterocycles. The second kappa shape index (κ2) is 8.98. The van der Waals surface area contributed by atoms with Crippen molar-refractivity contribution in [2.75, 3.05) is 51.3 Å². The first kappa shape index (κ1) is 22.1. The monoisotopic (exact) mass is 472 g/mol. The zero-order chi connectivity index (χ0) is 23.9. The Morgan fingerprint density at radius 1 is 1.11 bits per heavy atom. The maximum atomic E-state index is 14.0. The molecular weight excluding hydrogens is 443 g/mol. The Kier molecular flexibility index (Phi) is 5.66. The standard InChI is InChI=1S/C28H29FN4O2/c1-18-12-24(28(34)33-16-22(17-33)32-8-10-35-11-9-32)26(31-18)14-20-15-30-25-7-3-6-23(27(20)25)19-4-2-5-21(29)13-19/h2-7,12-14,22,30-31H,8-11,15-17H2,1H3. The van der Waals surface area contributed by atoms with Gasteiger partial charge in [-0.05, 0) is 54.0 Å². The number of amides is 1. The fraction of sp³-hybridized carbons (Fsp3) is 0.321. The molecule has 0 saturated carbocycles. The number of benzene rings is 2. The van der Waals surface area contributed by atoms with Gasteiger partial charge in [-0.2, -0.15) is 0 Å². The summed E-state index contributed by atoms with van der Waals surface area (Å²) in [6, 6.07) is 15.1. The van der Waals surface area contributed by atoms with Crippen molar-refractivity contribution in [2.24, 2.45) is 0 Å². The Hall–Kier alpha value is -3.42. The zero-order valence-electron chi connectivity index (χ0n) is 19.8. The number of H-pyrrole nitrogens is 1. The fourth-order valence-corrected chi connectivity index (χ4v) is 5.38. The van der Waals surface area contributed by atoms with E-state index in [1.807, 2.05) is 42.2 Å². The Morgan fingerprint density at radius 2 is 1.91 bits per heavy atom. The number of halogens is 1. The van der Waals surface area contributed by atoms with E-state index in [0.717, 1.165) is 78.7 Å². The normalized spacial score (nSPS) is 19.5. The summed E-state index contributed by atoms with van der Waals surface area (Å²) >= 11 is 0. The molecule has 2 saturated heterocycles. The van der Waals surface area contributed by atoms with Gasteiger partial charge in [-0.15, -0.1) is 0 Å². The Labute approximate surface area is 204 Å². The highest BCUT2D eigenvalue weighted by molar-refractivity contribution is 6.03. The lowest BCUT2D eigenvalue weighted by Crippen LogP contribution is -2.62. The molecule has 0 unspecified atom stereocenters. The van der Waals surface area contributed by atoms with E-state index in [0.29, 0.717) is 18.2 Å². The number of carbonyl (C=O) groups excluding carboxylic acids is 1. The van der Waals surface area contributed by atoms with Gasteiger partial charge in [0.05, 0.1) is 24.5 Å². The Bertz CT molecular complexity index is 1300. The average Bonchev–Trinajstić information content (AvgIpc) is 3.42. The summed E-state index contributed by atoms with van der Waals surface area (Å²) in [5.41, 5.74) is 7.44. The van der Waals surface area contributed by atoms with Crippen LogP contribution in [0.25, 0.3) is 22.8 Å². The van der Waals surface area contributed by atoms with E-state index in [4.69, 9.17) is 4.74 Å². The number of morpholine rings is 1. The first-order valence-corrected chi connectivity index (χ1v) is 12.2. The number of fused-ring (bicyclic) bond motifs is 1. The summed E-state index contributed by atoms with van der Waals surface area (Å²) < 4.78 is 19.4. The first-order valence-electron chi connectivity index (χ1n) is 12.2. The molecule has 0 bridgehead atoms. The number of nitrogens with one attached hydrogen (secondary N) is 2. The third-order valence-electron chi connectivity index (χ3n) is 7.23. The summed E-state index contributed by atoms with van der Waals surface area (Å²) in [4.78, 5) is 21.2. The van der Waals surface area contributed by atoms with E-state index in [1.165, 1.54) is 6.07 Å². The fourth-order valence-electron chi connectivity index (χ4n) is 5.38. The molecule has 1 amide bonds. The molecule has 6 nitrogen and oxygen atoms in total. The van der Waals surface area contributed by atoms with Crippen LogP contribution in [0.2, 0.25) is 0 Å². The van der Waals surface area contributed by atoms with Crippen LogP contribution in [-0.4, -0.2) is 72.7 Å². The number of carbonyl (C=O) groups is 1. The second-order valence-electron chi connectivity index (χ2n) is 9.55. The van der Waals surface area contributed by atoms with Gasteiger partial charge in [0.25, 0.3) is 5.91 Å². The second-order valence-corrected chi connectivity index (χ2v) is 9.55. The van der Waals surface area contributed by atoms with Crippen LogP contribution >= 0.6 is 0 Å². The summed E-state index contributed by atoms with van der Waals surface area (Å²) in [6.45, 7) is 7.56. The summed E-state index contributed by atoms with van der Waals surface area (Å²) in [5, 5.41) is 3.45. The highest BCUT2D eigenvalue weighted by Gasteiger charge is 2.36. The van der Waals surface area contributed by atoms with Gasteiger partial charge in [0.2, 0.25) is 0 Å².